The second kappa shape index (κ2) is 6.22. The Morgan fingerprint density at radius 1 is 1.29 bits per heavy atom. The topological polar surface area (TPSA) is 28.4 Å². The number of nitrogens with zero attached hydrogens (tertiary/aromatic N) is 1. The van der Waals surface area contributed by atoms with E-state index in [2.05, 4.69) is 29.4 Å². The van der Waals surface area contributed by atoms with Crippen LogP contribution in [0.4, 0.5) is 0 Å². The molecule has 1 aliphatic carbocycles. The summed E-state index contributed by atoms with van der Waals surface area (Å²) in [5.74, 6) is 3.01. The van der Waals surface area contributed by atoms with Crippen LogP contribution >= 0.6 is 0 Å². The van der Waals surface area contributed by atoms with E-state index in [4.69, 9.17) is 4.42 Å². The molecule has 0 radical (unpaired) electrons. The molecule has 0 aliphatic heterocycles. The van der Waals surface area contributed by atoms with Crippen molar-refractivity contribution in [3.05, 3.63) is 23.7 Å². The summed E-state index contributed by atoms with van der Waals surface area (Å²) in [5, 5.41) is 3.10. The lowest BCUT2D eigenvalue weighted by atomic mass is 10.1. The van der Waals surface area contributed by atoms with Crippen LogP contribution in [0.1, 0.15) is 37.2 Å². The molecular weight excluding hydrogens is 212 g/mol. The van der Waals surface area contributed by atoms with E-state index >= 15 is 0 Å². The first-order chi connectivity index (χ1) is 8.28. The van der Waals surface area contributed by atoms with E-state index in [1.807, 2.05) is 7.05 Å². The SMILES string of the molecule is CNCc1ccc(CN(C)CC2CCCC2)o1. The zero-order chi connectivity index (χ0) is 12.1. The number of furan rings is 1. The minimum atomic E-state index is 0.812. The van der Waals surface area contributed by atoms with Crippen LogP contribution in [0.5, 0.6) is 0 Å². The molecule has 1 aromatic rings. The summed E-state index contributed by atoms with van der Waals surface area (Å²) in [6, 6.07) is 4.16. The third-order valence-corrected chi connectivity index (χ3v) is 3.54. The Bertz CT molecular complexity index is 329. The highest BCUT2D eigenvalue weighted by atomic mass is 16.3. The summed E-state index contributed by atoms with van der Waals surface area (Å²) in [4.78, 5) is 2.39. The molecule has 1 saturated carbocycles. The maximum atomic E-state index is 5.76. The lowest BCUT2D eigenvalue weighted by Gasteiger charge is -2.19. The van der Waals surface area contributed by atoms with Crippen molar-refractivity contribution in [2.24, 2.45) is 5.92 Å². The summed E-state index contributed by atoms with van der Waals surface area (Å²) in [5.41, 5.74) is 0. The summed E-state index contributed by atoms with van der Waals surface area (Å²) < 4.78 is 5.76. The zero-order valence-electron chi connectivity index (χ0n) is 11.0. The average molecular weight is 236 g/mol. The highest BCUT2D eigenvalue weighted by Gasteiger charge is 2.17. The molecule has 1 aromatic heterocycles. The maximum Gasteiger partial charge on any atom is 0.118 e. The van der Waals surface area contributed by atoms with Gasteiger partial charge in [0.25, 0.3) is 0 Å². The summed E-state index contributed by atoms with van der Waals surface area (Å²) in [6.07, 6.45) is 5.66. The first kappa shape index (κ1) is 12.7. The smallest absolute Gasteiger partial charge is 0.118 e. The van der Waals surface area contributed by atoms with Gasteiger partial charge in [0.05, 0.1) is 13.1 Å². The third-order valence-electron chi connectivity index (χ3n) is 3.54. The zero-order valence-corrected chi connectivity index (χ0v) is 11.0. The molecule has 17 heavy (non-hydrogen) atoms. The summed E-state index contributed by atoms with van der Waals surface area (Å²) >= 11 is 0. The van der Waals surface area contributed by atoms with Crippen LogP contribution in [-0.4, -0.2) is 25.5 Å². The van der Waals surface area contributed by atoms with Crippen molar-refractivity contribution in [1.82, 2.24) is 10.2 Å². The Morgan fingerprint density at radius 3 is 2.71 bits per heavy atom. The van der Waals surface area contributed by atoms with E-state index < -0.39 is 0 Å². The fourth-order valence-corrected chi connectivity index (χ4v) is 2.74. The van der Waals surface area contributed by atoms with E-state index in [0.717, 1.165) is 30.5 Å². The molecule has 96 valence electrons. The van der Waals surface area contributed by atoms with Gasteiger partial charge < -0.3 is 9.73 Å². The first-order valence-electron chi connectivity index (χ1n) is 6.68. The molecule has 0 bridgehead atoms. The lowest BCUT2D eigenvalue weighted by molar-refractivity contribution is 0.248. The van der Waals surface area contributed by atoms with Crippen LogP contribution in [0.25, 0.3) is 0 Å². The van der Waals surface area contributed by atoms with E-state index in [-0.39, 0.29) is 0 Å². The van der Waals surface area contributed by atoms with E-state index in [0.29, 0.717) is 0 Å². The molecule has 0 unspecified atom stereocenters. The minimum absolute atomic E-state index is 0.812. The largest absolute Gasteiger partial charge is 0.463 e. The van der Waals surface area contributed by atoms with Gasteiger partial charge in [0, 0.05) is 6.54 Å². The Kier molecular flexibility index (Phi) is 4.63. The van der Waals surface area contributed by atoms with Gasteiger partial charge in [-0.25, -0.2) is 0 Å². The Labute approximate surface area is 104 Å². The molecule has 0 amide bonds. The van der Waals surface area contributed by atoms with Crippen LogP contribution in [0.2, 0.25) is 0 Å². The molecular formula is C14H24N2O. The van der Waals surface area contributed by atoms with Gasteiger partial charge in [-0.1, -0.05) is 12.8 Å². The maximum absolute atomic E-state index is 5.76. The normalized spacial score (nSPS) is 17.1. The molecule has 0 atom stereocenters. The number of hydrogen-bond acceptors (Lipinski definition) is 3. The molecule has 1 aliphatic rings. The number of nitrogens with one attached hydrogen (secondary N) is 1. The second-order valence-corrected chi connectivity index (χ2v) is 5.25. The first-order valence-corrected chi connectivity index (χ1v) is 6.68. The van der Waals surface area contributed by atoms with Crippen molar-refractivity contribution in [2.45, 2.75) is 38.8 Å². The predicted molar refractivity (Wildman–Crippen MR) is 69.8 cm³/mol. The van der Waals surface area contributed by atoms with Crippen LogP contribution < -0.4 is 5.32 Å². The lowest BCUT2D eigenvalue weighted by Crippen LogP contribution is -2.23. The quantitative estimate of drug-likeness (QED) is 0.823. The van der Waals surface area contributed by atoms with E-state index in [1.165, 1.54) is 32.2 Å². The molecule has 0 aromatic carbocycles. The van der Waals surface area contributed by atoms with E-state index in [1.54, 1.807) is 0 Å². The van der Waals surface area contributed by atoms with Gasteiger partial charge >= 0.3 is 0 Å². The van der Waals surface area contributed by atoms with E-state index in [9.17, 15) is 0 Å². The van der Waals surface area contributed by atoms with Gasteiger partial charge in [-0.2, -0.15) is 0 Å². The number of rotatable bonds is 6. The van der Waals surface area contributed by atoms with Crippen molar-refractivity contribution in [1.29, 1.82) is 0 Å². The van der Waals surface area contributed by atoms with Gasteiger partial charge in [-0.05, 0) is 45.0 Å². The fourth-order valence-electron chi connectivity index (χ4n) is 2.74. The monoisotopic (exact) mass is 236 g/mol. The Morgan fingerprint density at radius 2 is 2.00 bits per heavy atom. The van der Waals surface area contributed by atoms with Crippen molar-refractivity contribution < 1.29 is 4.42 Å². The Balaban J connectivity index is 1.78. The van der Waals surface area contributed by atoms with Crippen molar-refractivity contribution in [3.63, 3.8) is 0 Å². The molecule has 1 heterocycles. The highest BCUT2D eigenvalue weighted by molar-refractivity contribution is 5.06. The predicted octanol–water partition coefficient (Wildman–Crippen LogP) is 2.62. The molecule has 2 rings (SSSR count). The van der Waals surface area contributed by atoms with Crippen molar-refractivity contribution >= 4 is 0 Å². The molecule has 3 heteroatoms. The fraction of sp³-hybridized carbons (Fsp3) is 0.714. The molecule has 1 N–H and O–H groups in total. The Hall–Kier alpha value is -0.800. The summed E-state index contributed by atoms with van der Waals surface area (Å²) in [7, 11) is 4.13. The molecule has 0 spiro atoms. The molecule has 0 saturated heterocycles. The average Bonchev–Trinajstić information content (AvgIpc) is 2.91. The van der Waals surface area contributed by atoms with Gasteiger partial charge in [0.15, 0.2) is 0 Å². The van der Waals surface area contributed by atoms with Crippen LogP contribution in [0.15, 0.2) is 16.5 Å². The van der Waals surface area contributed by atoms with Crippen molar-refractivity contribution in [3.8, 4) is 0 Å². The van der Waals surface area contributed by atoms with Gasteiger partial charge in [-0.15, -0.1) is 0 Å². The number of hydrogen-bond donors (Lipinski definition) is 1. The highest BCUT2D eigenvalue weighted by Crippen LogP contribution is 2.25. The van der Waals surface area contributed by atoms with Crippen molar-refractivity contribution in [2.75, 3.05) is 20.6 Å². The third kappa shape index (κ3) is 3.86. The van der Waals surface area contributed by atoms with Gasteiger partial charge in [-0.3, -0.25) is 4.90 Å². The summed E-state index contributed by atoms with van der Waals surface area (Å²) in [6.45, 7) is 2.95. The van der Waals surface area contributed by atoms with Crippen LogP contribution in [-0.2, 0) is 13.1 Å². The van der Waals surface area contributed by atoms with Gasteiger partial charge in [0.1, 0.15) is 11.5 Å². The van der Waals surface area contributed by atoms with Crippen LogP contribution in [0.3, 0.4) is 0 Å². The minimum Gasteiger partial charge on any atom is -0.463 e. The standard InChI is InChI=1S/C14H24N2O/c1-15-9-13-7-8-14(17-13)11-16(2)10-12-5-3-4-6-12/h7-8,12,15H,3-6,9-11H2,1-2H3. The van der Waals surface area contributed by atoms with Crippen LogP contribution in [0, 0.1) is 5.92 Å². The molecule has 1 fully saturated rings. The van der Waals surface area contributed by atoms with Gasteiger partial charge in [0.2, 0.25) is 0 Å². The molecule has 3 nitrogen and oxygen atoms in total. The second-order valence-electron chi connectivity index (χ2n) is 5.25.